The normalized spacial score (nSPS) is 35.2. The van der Waals surface area contributed by atoms with E-state index in [9.17, 15) is 4.79 Å². The molecule has 1 aliphatic heterocycles. The number of hydrogen-bond donors (Lipinski definition) is 2. The molecule has 0 aromatic rings. The first-order chi connectivity index (χ1) is 6.52. The van der Waals surface area contributed by atoms with Gasteiger partial charge in [-0.3, -0.25) is 4.79 Å². The molecule has 82 valence electrons. The van der Waals surface area contributed by atoms with Crippen molar-refractivity contribution < 1.29 is 4.79 Å². The molecule has 0 saturated carbocycles. The number of rotatable bonds is 3. The first-order valence-corrected chi connectivity index (χ1v) is 6.31. The maximum atomic E-state index is 10.9. The van der Waals surface area contributed by atoms with Gasteiger partial charge in [-0.05, 0) is 30.3 Å². The molecule has 1 heterocycles. The summed E-state index contributed by atoms with van der Waals surface area (Å²) in [6.07, 6.45) is 0. The van der Waals surface area contributed by atoms with Gasteiger partial charge >= 0.3 is 0 Å². The molecule has 0 spiro atoms. The highest BCUT2D eigenvalue weighted by Gasteiger charge is 2.29. The van der Waals surface area contributed by atoms with E-state index in [-0.39, 0.29) is 11.9 Å². The van der Waals surface area contributed by atoms with Gasteiger partial charge in [0.1, 0.15) is 0 Å². The Hall–Kier alpha value is -0.220. The minimum absolute atomic E-state index is 0.215. The molecule has 0 aromatic carbocycles. The zero-order chi connectivity index (χ0) is 10.7. The van der Waals surface area contributed by atoms with Crippen LogP contribution in [-0.4, -0.2) is 29.5 Å². The highest BCUT2D eigenvalue weighted by molar-refractivity contribution is 7.99. The Balaban J connectivity index is 2.51. The van der Waals surface area contributed by atoms with Crippen LogP contribution in [0.15, 0.2) is 0 Å². The van der Waals surface area contributed by atoms with E-state index in [1.54, 1.807) is 0 Å². The zero-order valence-corrected chi connectivity index (χ0v) is 9.93. The van der Waals surface area contributed by atoms with E-state index in [1.165, 1.54) is 11.5 Å². The van der Waals surface area contributed by atoms with Gasteiger partial charge in [0.05, 0.1) is 6.04 Å². The third kappa shape index (κ3) is 2.89. The van der Waals surface area contributed by atoms with Crippen molar-refractivity contribution in [3.8, 4) is 0 Å². The second-order valence-corrected chi connectivity index (χ2v) is 5.38. The van der Waals surface area contributed by atoms with E-state index in [0.29, 0.717) is 17.9 Å². The van der Waals surface area contributed by atoms with Crippen LogP contribution in [-0.2, 0) is 4.79 Å². The quantitative estimate of drug-likeness (QED) is 0.735. The van der Waals surface area contributed by atoms with Crippen molar-refractivity contribution in [2.24, 2.45) is 17.6 Å². The Bertz CT molecular complexity index is 200. The van der Waals surface area contributed by atoms with Gasteiger partial charge in [-0.15, -0.1) is 0 Å². The molecule has 2 unspecified atom stereocenters. The minimum Gasteiger partial charge on any atom is -0.368 e. The van der Waals surface area contributed by atoms with Crippen LogP contribution in [0.2, 0.25) is 0 Å². The number of primary amides is 1. The van der Waals surface area contributed by atoms with Gasteiger partial charge in [-0.2, -0.15) is 11.8 Å². The van der Waals surface area contributed by atoms with Crippen LogP contribution in [0.4, 0.5) is 0 Å². The first-order valence-electron chi connectivity index (χ1n) is 5.15. The van der Waals surface area contributed by atoms with Gasteiger partial charge in [-0.1, -0.05) is 13.8 Å². The Labute approximate surface area is 90.2 Å². The van der Waals surface area contributed by atoms with Gasteiger partial charge in [0.2, 0.25) is 5.91 Å². The summed E-state index contributed by atoms with van der Waals surface area (Å²) >= 11 is 1.99. The molecule has 3 atom stereocenters. The molecular formula is C10H20N2OS. The fourth-order valence-corrected chi connectivity index (χ4v) is 3.20. The second-order valence-electron chi connectivity index (χ2n) is 4.31. The molecule has 1 rings (SSSR count). The van der Waals surface area contributed by atoms with Gasteiger partial charge < -0.3 is 11.1 Å². The van der Waals surface area contributed by atoms with E-state index in [4.69, 9.17) is 5.73 Å². The average molecular weight is 216 g/mol. The van der Waals surface area contributed by atoms with Crippen molar-refractivity contribution in [1.82, 2.24) is 5.32 Å². The van der Waals surface area contributed by atoms with Crippen LogP contribution in [0, 0.1) is 11.8 Å². The standard InChI is InChI=1S/C10H20N2OS/c1-6-4-14-5-7(2)9(6)12-8(3)10(11)13/h6-9,12H,4-5H2,1-3H3,(H2,11,13)/t6?,7?,8-,9?/m1/s1. The third-order valence-electron chi connectivity index (χ3n) is 2.86. The van der Waals surface area contributed by atoms with Crippen molar-refractivity contribution in [1.29, 1.82) is 0 Å². The second kappa shape index (κ2) is 5.03. The van der Waals surface area contributed by atoms with E-state index < -0.39 is 0 Å². The topological polar surface area (TPSA) is 55.1 Å². The van der Waals surface area contributed by atoms with Crippen LogP contribution in [0.3, 0.4) is 0 Å². The molecule has 3 nitrogen and oxygen atoms in total. The molecule has 3 N–H and O–H groups in total. The van der Waals surface area contributed by atoms with Crippen LogP contribution in [0.5, 0.6) is 0 Å². The lowest BCUT2D eigenvalue weighted by molar-refractivity contribution is -0.119. The van der Waals surface area contributed by atoms with E-state index in [2.05, 4.69) is 19.2 Å². The summed E-state index contributed by atoms with van der Waals surface area (Å²) in [5.41, 5.74) is 5.24. The van der Waals surface area contributed by atoms with Crippen LogP contribution in [0.25, 0.3) is 0 Å². The maximum absolute atomic E-state index is 10.9. The molecular weight excluding hydrogens is 196 g/mol. The number of carbonyl (C=O) groups excluding carboxylic acids is 1. The number of amides is 1. The average Bonchev–Trinajstić information content (AvgIpc) is 2.11. The van der Waals surface area contributed by atoms with Gasteiger partial charge in [0.15, 0.2) is 0 Å². The van der Waals surface area contributed by atoms with E-state index in [1.807, 2.05) is 18.7 Å². The lowest BCUT2D eigenvalue weighted by atomic mass is 9.91. The maximum Gasteiger partial charge on any atom is 0.234 e. The van der Waals surface area contributed by atoms with Crippen molar-refractivity contribution in [2.45, 2.75) is 32.9 Å². The van der Waals surface area contributed by atoms with Crippen LogP contribution < -0.4 is 11.1 Å². The number of hydrogen-bond acceptors (Lipinski definition) is 3. The highest BCUT2D eigenvalue weighted by atomic mass is 32.2. The fourth-order valence-electron chi connectivity index (χ4n) is 1.91. The summed E-state index contributed by atoms with van der Waals surface area (Å²) in [4.78, 5) is 10.9. The molecule has 1 aliphatic rings. The number of thioether (sulfide) groups is 1. The summed E-state index contributed by atoms with van der Waals surface area (Å²) in [6, 6.07) is 0.215. The Morgan fingerprint density at radius 2 is 1.93 bits per heavy atom. The summed E-state index contributed by atoms with van der Waals surface area (Å²) in [5, 5.41) is 3.33. The Kier molecular flexibility index (Phi) is 4.26. The first kappa shape index (κ1) is 11.9. The highest BCUT2D eigenvalue weighted by Crippen LogP contribution is 2.27. The summed E-state index contributed by atoms with van der Waals surface area (Å²) < 4.78 is 0. The predicted octanol–water partition coefficient (Wildman–Crippen LogP) is 0.837. The molecule has 4 heteroatoms. The molecule has 0 bridgehead atoms. The van der Waals surface area contributed by atoms with Crippen molar-refractivity contribution in [3.63, 3.8) is 0 Å². The van der Waals surface area contributed by atoms with Crippen molar-refractivity contribution in [2.75, 3.05) is 11.5 Å². The van der Waals surface area contributed by atoms with Gasteiger partial charge in [0, 0.05) is 6.04 Å². The minimum atomic E-state index is -0.261. The largest absolute Gasteiger partial charge is 0.368 e. The smallest absolute Gasteiger partial charge is 0.234 e. The van der Waals surface area contributed by atoms with Crippen molar-refractivity contribution >= 4 is 17.7 Å². The molecule has 1 amide bonds. The summed E-state index contributed by atoms with van der Waals surface area (Å²) in [6.45, 7) is 6.30. The SMILES string of the molecule is CC1CSCC(C)C1N[C@H](C)C(N)=O. The molecule has 1 saturated heterocycles. The molecule has 14 heavy (non-hydrogen) atoms. The van der Waals surface area contributed by atoms with Crippen LogP contribution >= 0.6 is 11.8 Å². The predicted molar refractivity (Wildman–Crippen MR) is 61.2 cm³/mol. The lowest BCUT2D eigenvalue weighted by Gasteiger charge is -2.36. The number of nitrogens with one attached hydrogen (secondary N) is 1. The monoisotopic (exact) mass is 216 g/mol. The Morgan fingerprint density at radius 3 is 2.36 bits per heavy atom. The third-order valence-corrected chi connectivity index (χ3v) is 4.38. The van der Waals surface area contributed by atoms with Crippen molar-refractivity contribution in [3.05, 3.63) is 0 Å². The Morgan fingerprint density at radius 1 is 1.43 bits per heavy atom. The summed E-state index contributed by atoms with van der Waals surface area (Å²) in [5.74, 6) is 3.32. The molecule has 0 aliphatic carbocycles. The van der Waals surface area contributed by atoms with Gasteiger partial charge in [-0.25, -0.2) is 0 Å². The number of nitrogens with two attached hydrogens (primary N) is 1. The van der Waals surface area contributed by atoms with E-state index >= 15 is 0 Å². The van der Waals surface area contributed by atoms with Crippen LogP contribution in [0.1, 0.15) is 20.8 Å². The molecule has 0 aromatic heterocycles. The molecule has 1 fully saturated rings. The van der Waals surface area contributed by atoms with Gasteiger partial charge in [0.25, 0.3) is 0 Å². The summed E-state index contributed by atoms with van der Waals surface area (Å²) in [7, 11) is 0. The number of carbonyl (C=O) groups is 1. The molecule has 0 radical (unpaired) electrons. The fraction of sp³-hybridized carbons (Fsp3) is 0.900. The zero-order valence-electron chi connectivity index (χ0n) is 9.12. The van der Waals surface area contributed by atoms with E-state index in [0.717, 1.165) is 0 Å². The lowest BCUT2D eigenvalue weighted by Crippen LogP contribution is -2.52.